The molecule has 25 heavy (non-hydrogen) atoms. The largest absolute Gasteiger partial charge is 0.508 e. The summed E-state index contributed by atoms with van der Waals surface area (Å²) in [5.41, 5.74) is 5.00. The van der Waals surface area contributed by atoms with Gasteiger partial charge in [0.1, 0.15) is 5.75 Å². The van der Waals surface area contributed by atoms with E-state index in [4.69, 9.17) is 0 Å². The minimum atomic E-state index is 0.240. The van der Waals surface area contributed by atoms with Crippen LogP contribution in [0.15, 0.2) is 60.7 Å². The topological polar surface area (TPSA) is 46.0 Å². The number of nitrogens with zero attached hydrogens (tertiary/aromatic N) is 2. The summed E-state index contributed by atoms with van der Waals surface area (Å²) in [6.45, 7) is 2.22. The van der Waals surface area contributed by atoms with Crippen LogP contribution in [0.1, 0.15) is 38.3 Å². The fraction of sp³-hybridized carbons (Fsp3) is 0.273. The van der Waals surface area contributed by atoms with Crippen molar-refractivity contribution in [3.63, 3.8) is 0 Å². The van der Waals surface area contributed by atoms with Crippen LogP contribution < -0.4 is 0 Å². The number of unbranched alkanes of at least 4 members (excludes halogenated alkanes) is 3. The average molecular weight is 332 g/mol. The highest BCUT2D eigenvalue weighted by Gasteiger charge is 2.11. The van der Waals surface area contributed by atoms with Gasteiger partial charge < -0.3 is 5.11 Å². The van der Waals surface area contributed by atoms with E-state index in [1.807, 2.05) is 30.3 Å². The Labute approximate surface area is 149 Å². The Morgan fingerprint density at radius 1 is 0.800 bits per heavy atom. The number of phenolic OH excluding ortho intramolecular Hbond substituents is 1. The molecule has 0 aliphatic carbocycles. The summed E-state index contributed by atoms with van der Waals surface area (Å²) in [5.74, 6) is 0.240. The molecule has 3 nitrogen and oxygen atoms in total. The van der Waals surface area contributed by atoms with E-state index in [2.05, 4.69) is 35.3 Å². The molecule has 3 heteroatoms. The van der Waals surface area contributed by atoms with Gasteiger partial charge in [0.05, 0.1) is 11.4 Å². The van der Waals surface area contributed by atoms with Crippen molar-refractivity contribution in [3.05, 3.63) is 66.4 Å². The Hall–Kier alpha value is -2.68. The maximum absolute atomic E-state index is 9.73. The molecule has 0 aliphatic rings. The summed E-state index contributed by atoms with van der Waals surface area (Å²) >= 11 is 0. The van der Waals surface area contributed by atoms with Gasteiger partial charge in [0.2, 0.25) is 0 Å². The first-order valence-corrected chi connectivity index (χ1v) is 8.99. The quantitative estimate of drug-likeness (QED) is 0.570. The maximum atomic E-state index is 9.73. The summed E-state index contributed by atoms with van der Waals surface area (Å²) in [6.07, 6.45) is 5.79. The smallest absolute Gasteiger partial charge is 0.116 e. The zero-order chi connectivity index (χ0) is 17.5. The molecule has 1 aromatic heterocycles. The molecule has 1 heterocycles. The van der Waals surface area contributed by atoms with Gasteiger partial charge in [-0.25, -0.2) is 0 Å². The average Bonchev–Trinajstić information content (AvgIpc) is 2.66. The fourth-order valence-corrected chi connectivity index (χ4v) is 2.99. The van der Waals surface area contributed by atoms with Gasteiger partial charge >= 0.3 is 0 Å². The first kappa shape index (κ1) is 17.2. The Bertz CT molecular complexity index is 815. The van der Waals surface area contributed by atoms with E-state index in [1.165, 1.54) is 19.3 Å². The molecule has 1 N–H and O–H groups in total. The first-order chi connectivity index (χ1) is 12.3. The summed E-state index contributed by atoms with van der Waals surface area (Å²) < 4.78 is 0. The van der Waals surface area contributed by atoms with Crippen molar-refractivity contribution in [3.8, 4) is 28.1 Å². The van der Waals surface area contributed by atoms with E-state index < -0.39 is 0 Å². The zero-order valence-electron chi connectivity index (χ0n) is 14.7. The van der Waals surface area contributed by atoms with Crippen LogP contribution in [-0.2, 0) is 6.42 Å². The Morgan fingerprint density at radius 2 is 1.60 bits per heavy atom. The van der Waals surface area contributed by atoms with Gasteiger partial charge in [-0.05, 0) is 36.6 Å². The van der Waals surface area contributed by atoms with Crippen LogP contribution in [0, 0.1) is 0 Å². The van der Waals surface area contributed by atoms with Gasteiger partial charge in [0, 0.05) is 11.1 Å². The number of hydrogen-bond acceptors (Lipinski definition) is 3. The number of benzene rings is 2. The number of aromatic nitrogens is 2. The molecule has 0 radical (unpaired) electrons. The first-order valence-electron chi connectivity index (χ1n) is 8.99. The lowest BCUT2D eigenvalue weighted by molar-refractivity contribution is 0.475. The van der Waals surface area contributed by atoms with Crippen molar-refractivity contribution in [2.45, 2.75) is 39.0 Å². The predicted molar refractivity (Wildman–Crippen MR) is 102 cm³/mol. The van der Waals surface area contributed by atoms with Gasteiger partial charge in [0.15, 0.2) is 0 Å². The third-order valence-corrected chi connectivity index (χ3v) is 4.36. The molecule has 128 valence electrons. The van der Waals surface area contributed by atoms with Crippen LogP contribution in [0.5, 0.6) is 5.75 Å². The molecular formula is C22H24N2O. The third kappa shape index (κ3) is 4.44. The highest BCUT2D eigenvalue weighted by molar-refractivity contribution is 5.72. The van der Waals surface area contributed by atoms with Crippen LogP contribution in [0.3, 0.4) is 0 Å². The molecule has 0 amide bonds. The van der Waals surface area contributed by atoms with Crippen LogP contribution >= 0.6 is 0 Å². The van der Waals surface area contributed by atoms with Gasteiger partial charge in [-0.1, -0.05) is 68.7 Å². The number of hydrogen-bond donors (Lipinski definition) is 1. The van der Waals surface area contributed by atoms with Crippen LogP contribution in [0.25, 0.3) is 22.4 Å². The third-order valence-electron chi connectivity index (χ3n) is 4.36. The van der Waals surface area contributed by atoms with E-state index in [0.29, 0.717) is 0 Å². The van der Waals surface area contributed by atoms with E-state index in [9.17, 15) is 5.11 Å². The van der Waals surface area contributed by atoms with Crippen LogP contribution in [-0.4, -0.2) is 15.3 Å². The predicted octanol–water partition coefficient (Wildman–Crippen LogP) is 5.64. The van der Waals surface area contributed by atoms with Crippen molar-refractivity contribution in [1.82, 2.24) is 10.2 Å². The number of aryl methyl sites for hydroxylation is 1. The molecule has 0 saturated heterocycles. The second-order valence-corrected chi connectivity index (χ2v) is 6.32. The molecule has 0 aliphatic heterocycles. The van der Waals surface area contributed by atoms with Crippen molar-refractivity contribution in [2.75, 3.05) is 0 Å². The van der Waals surface area contributed by atoms with Crippen molar-refractivity contribution < 1.29 is 5.11 Å². The van der Waals surface area contributed by atoms with Gasteiger partial charge in [-0.3, -0.25) is 0 Å². The second-order valence-electron chi connectivity index (χ2n) is 6.32. The van der Waals surface area contributed by atoms with E-state index in [1.54, 1.807) is 12.1 Å². The SMILES string of the molecule is CCCCCCc1nnc(-c2cccc(O)c2)cc1-c1ccccc1. The lowest BCUT2D eigenvalue weighted by Gasteiger charge is -2.11. The zero-order valence-corrected chi connectivity index (χ0v) is 14.7. The van der Waals surface area contributed by atoms with Crippen molar-refractivity contribution in [2.24, 2.45) is 0 Å². The Morgan fingerprint density at radius 3 is 2.36 bits per heavy atom. The minimum Gasteiger partial charge on any atom is -0.508 e. The summed E-state index contributed by atoms with van der Waals surface area (Å²) in [4.78, 5) is 0. The van der Waals surface area contributed by atoms with Gasteiger partial charge in [-0.15, -0.1) is 0 Å². The monoisotopic (exact) mass is 332 g/mol. The lowest BCUT2D eigenvalue weighted by atomic mass is 9.99. The number of rotatable bonds is 7. The summed E-state index contributed by atoms with van der Waals surface area (Å²) in [7, 11) is 0. The lowest BCUT2D eigenvalue weighted by Crippen LogP contribution is -1.99. The summed E-state index contributed by atoms with van der Waals surface area (Å²) in [5, 5.41) is 18.7. The molecular weight excluding hydrogens is 308 g/mol. The second kappa shape index (κ2) is 8.43. The van der Waals surface area contributed by atoms with E-state index in [-0.39, 0.29) is 5.75 Å². The fourth-order valence-electron chi connectivity index (χ4n) is 2.99. The molecule has 0 unspecified atom stereocenters. The van der Waals surface area contributed by atoms with Gasteiger partial charge in [0.25, 0.3) is 0 Å². The highest BCUT2D eigenvalue weighted by Crippen LogP contribution is 2.29. The molecule has 2 aromatic carbocycles. The van der Waals surface area contributed by atoms with E-state index >= 15 is 0 Å². The molecule has 3 aromatic rings. The maximum Gasteiger partial charge on any atom is 0.116 e. The highest BCUT2D eigenvalue weighted by atomic mass is 16.3. The molecule has 0 saturated carbocycles. The molecule has 0 bridgehead atoms. The molecule has 0 spiro atoms. The molecule has 0 atom stereocenters. The standard InChI is InChI=1S/C22H24N2O/c1-2-3-4-8-14-21-20(17-10-6-5-7-11-17)16-22(24-23-21)18-12-9-13-19(25)15-18/h5-7,9-13,15-16,25H,2-4,8,14H2,1H3. The van der Waals surface area contributed by atoms with Crippen molar-refractivity contribution >= 4 is 0 Å². The molecule has 3 rings (SSSR count). The number of aromatic hydroxyl groups is 1. The van der Waals surface area contributed by atoms with Crippen LogP contribution in [0.2, 0.25) is 0 Å². The molecule has 0 fully saturated rings. The van der Waals surface area contributed by atoms with E-state index in [0.717, 1.165) is 40.9 Å². The minimum absolute atomic E-state index is 0.240. The normalized spacial score (nSPS) is 10.8. The summed E-state index contributed by atoms with van der Waals surface area (Å²) in [6, 6.07) is 19.6. The van der Waals surface area contributed by atoms with Crippen LogP contribution in [0.4, 0.5) is 0 Å². The number of phenols is 1. The Balaban J connectivity index is 1.96. The van der Waals surface area contributed by atoms with Crippen molar-refractivity contribution in [1.29, 1.82) is 0 Å². The Kier molecular flexibility index (Phi) is 5.78. The van der Waals surface area contributed by atoms with Gasteiger partial charge in [-0.2, -0.15) is 10.2 Å².